The summed E-state index contributed by atoms with van der Waals surface area (Å²) in [5, 5.41) is 9.94. The number of hydrogen-bond acceptors (Lipinski definition) is 4. The Kier molecular flexibility index (Phi) is 4.68. The number of nitrogens with two attached hydrogens (primary N) is 1. The van der Waals surface area contributed by atoms with E-state index < -0.39 is 0 Å². The molecule has 0 spiro atoms. The van der Waals surface area contributed by atoms with Crippen molar-refractivity contribution in [1.82, 2.24) is 0 Å². The zero-order valence-corrected chi connectivity index (χ0v) is 12.1. The van der Waals surface area contributed by atoms with Gasteiger partial charge >= 0.3 is 0 Å². The molecule has 1 aromatic rings. The first-order valence-corrected chi connectivity index (χ1v) is 6.95. The fourth-order valence-corrected chi connectivity index (χ4v) is 2.79. The first-order valence-electron chi connectivity index (χ1n) is 6.57. The Morgan fingerprint density at radius 1 is 1.53 bits per heavy atom. The molecule has 1 aromatic carbocycles. The SMILES string of the molecule is CC1CN(c2ccc(C(C)N)c(Cl)c2)CC(CO)O1. The lowest BCUT2D eigenvalue weighted by atomic mass is 10.1. The second-order valence-electron chi connectivity index (χ2n) is 5.15. The molecule has 3 N–H and O–H groups in total. The molecule has 1 heterocycles. The topological polar surface area (TPSA) is 58.7 Å². The molecular formula is C14H21ClN2O2. The van der Waals surface area contributed by atoms with Crippen LogP contribution in [0, 0.1) is 0 Å². The van der Waals surface area contributed by atoms with Crippen LogP contribution in [-0.2, 0) is 4.74 Å². The van der Waals surface area contributed by atoms with E-state index in [-0.39, 0.29) is 24.9 Å². The standard InChI is InChI=1S/C14H21ClN2O2/c1-9-6-17(7-12(8-18)19-9)11-3-4-13(10(2)16)14(15)5-11/h3-5,9-10,12,18H,6-8,16H2,1-2H3. The Balaban J connectivity index is 2.19. The predicted octanol–water partition coefficient (Wildman–Crippen LogP) is 1.95. The maximum absolute atomic E-state index is 9.25. The summed E-state index contributed by atoms with van der Waals surface area (Å²) >= 11 is 6.26. The lowest BCUT2D eigenvalue weighted by Gasteiger charge is -2.37. The maximum atomic E-state index is 9.25. The van der Waals surface area contributed by atoms with Crippen molar-refractivity contribution < 1.29 is 9.84 Å². The molecule has 0 aliphatic carbocycles. The highest BCUT2D eigenvalue weighted by Gasteiger charge is 2.25. The molecule has 5 heteroatoms. The van der Waals surface area contributed by atoms with Gasteiger partial charge in [-0.1, -0.05) is 17.7 Å². The Hall–Kier alpha value is -0.810. The number of hydrogen-bond donors (Lipinski definition) is 2. The number of aliphatic hydroxyl groups excluding tert-OH is 1. The number of benzene rings is 1. The lowest BCUT2D eigenvalue weighted by Crippen LogP contribution is -2.48. The third kappa shape index (κ3) is 3.39. The van der Waals surface area contributed by atoms with Crippen LogP contribution in [0.4, 0.5) is 5.69 Å². The van der Waals surface area contributed by atoms with Gasteiger partial charge in [0.15, 0.2) is 0 Å². The van der Waals surface area contributed by atoms with Gasteiger partial charge in [0, 0.05) is 29.8 Å². The van der Waals surface area contributed by atoms with E-state index in [2.05, 4.69) is 4.90 Å². The number of morpholine rings is 1. The molecule has 2 rings (SSSR count). The Morgan fingerprint density at radius 2 is 2.26 bits per heavy atom. The Bertz CT molecular complexity index is 439. The van der Waals surface area contributed by atoms with E-state index in [0.29, 0.717) is 11.6 Å². The van der Waals surface area contributed by atoms with E-state index >= 15 is 0 Å². The van der Waals surface area contributed by atoms with Crippen molar-refractivity contribution >= 4 is 17.3 Å². The number of nitrogens with zero attached hydrogens (tertiary/aromatic N) is 1. The summed E-state index contributed by atoms with van der Waals surface area (Å²) in [6, 6.07) is 5.86. The minimum absolute atomic E-state index is 0.0342. The highest BCUT2D eigenvalue weighted by molar-refractivity contribution is 6.31. The van der Waals surface area contributed by atoms with Crippen LogP contribution >= 0.6 is 11.6 Å². The molecule has 106 valence electrons. The van der Waals surface area contributed by atoms with Crippen molar-refractivity contribution in [1.29, 1.82) is 0 Å². The molecule has 0 amide bonds. The average molecular weight is 285 g/mol. The zero-order chi connectivity index (χ0) is 14.0. The van der Waals surface area contributed by atoms with Crippen LogP contribution in [0.15, 0.2) is 18.2 Å². The molecule has 1 aliphatic heterocycles. The lowest BCUT2D eigenvalue weighted by molar-refractivity contribution is -0.0421. The van der Waals surface area contributed by atoms with Crippen molar-refractivity contribution in [2.24, 2.45) is 5.73 Å². The van der Waals surface area contributed by atoms with Gasteiger partial charge in [-0.3, -0.25) is 0 Å². The van der Waals surface area contributed by atoms with E-state index in [1.165, 1.54) is 0 Å². The van der Waals surface area contributed by atoms with Gasteiger partial charge in [-0.2, -0.15) is 0 Å². The molecule has 0 saturated carbocycles. The normalized spacial score (nSPS) is 25.4. The van der Waals surface area contributed by atoms with Crippen LogP contribution < -0.4 is 10.6 Å². The third-order valence-electron chi connectivity index (χ3n) is 3.37. The third-order valence-corrected chi connectivity index (χ3v) is 3.70. The predicted molar refractivity (Wildman–Crippen MR) is 77.7 cm³/mol. The molecule has 3 unspecified atom stereocenters. The van der Waals surface area contributed by atoms with Crippen LogP contribution in [0.2, 0.25) is 5.02 Å². The molecule has 1 saturated heterocycles. The number of aliphatic hydroxyl groups is 1. The largest absolute Gasteiger partial charge is 0.394 e. The van der Waals surface area contributed by atoms with Crippen molar-refractivity contribution in [3.05, 3.63) is 28.8 Å². The number of halogens is 1. The van der Waals surface area contributed by atoms with Gasteiger partial charge in [0.1, 0.15) is 0 Å². The van der Waals surface area contributed by atoms with Crippen LogP contribution in [-0.4, -0.2) is 37.0 Å². The van der Waals surface area contributed by atoms with Crippen molar-refractivity contribution in [3.8, 4) is 0 Å². The molecule has 4 nitrogen and oxygen atoms in total. The van der Waals surface area contributed by atoms with Gasteiger partial charge in [-0.25, -0.2) is 0 Å². The van der Waals surface area contributed by atoms with Crippen molar-refractivity contribution in [3.63, 3.8) is 0 Å². The van der Waals surface area contributed by atoms with Gasteiger partial charge in [0.25, 0.3) is 0 Å². The summed E-state index contributed by atoms with van der Waals surface area (Å²) in [4.78, 5) is 2.19. The molecule has 0 bridgehead atoms. The minimum Gasteiger partial charge on any atom is -0.394 e. The van der Waals surface area contributed by atoms with Crippen LogP contribution in [0.3, 0.4) is 0 Å². The van der Waals surface area contributed by atoms with Gasteiger partial charge in [-0.05, 0) is 31.5 Å². The van der Waals surface area contributed by atoms with E-state index in [1.54, 1.807) is 0 Å². The van der Waals surface area contributed by atoms with E-state index in [9.17, 15) is 5.11 Å². The minimum atomic E-state index is -0.143. The second-order valence-corrected chi connectivity index (χ2v) is 5.56. The van der Waals surface area contributed by atoms with E-state index in [0.717, 1.165) is 17.8 Å². The van der Waals surface area contributed by atoms with Gasteiger partial charge < -0.3 is 20.5 Å². The monoisotopic (exact) mass is 284 g/mol. The summed E-state index contributed by atoms with van der Waals surface area (Å²) in [5.74, 6) is 0. The highest BCUT2D eigenvalue weighted by atomic mass is 35.5. The van der Waals surface area contributed by atoms with Crippen LogP contribution in [0.1, 0.15) is 25.5 Å². The molecule has 19 heavy (non-hydrogen) atoms. The van der Waals surface area contributed by atoms with E-state index in [1.807, 2.05) is 32.0 Å². The van der Waals surface area contributed by atoms with E-state index in [4.69, 9.17) is 22.1 Å². The Labute approximate surface area is 119 Å². The highest BCUT2D eigenvalue weighted by Crippen LogP contribution is 2.28. The van der Waals surface area contributed by atoms with Gasteiger partial charge in [0.05, 0.1) is 18.8 Å². The van der Waals surface area contributed by atoms with Crippen molar-refractivity contribution in [2.75, 3.05) is 24.6 Å². The number of anilines is 1. The summed E-state index contributed by atoms with van der Waals surface area (Å²) in [6.45, 7) is 5.43. The number of rotatable bonds is 3. The summed E-state index contributed by atoms with van der Waals surface area (Å²) in [5.41, 5.74) is 7.85. The quantitative estimate of drug-likeness (QED) is 0.891. The molecule has 1 aliphatic rings. The van der Waals surface area contributed by atoms with Gasteiger partial charge in [-0.15, -0.1) is 0 Å². The second kappa shape index (κ2) is 6.09. The molecule has 1 fully saturated rings. The summed E-state index contributed by atoms with van der Waals surface area (Å²) in [7, 11) is 0. The van der Waals surface area contributed by atoms with Crippen LogP contribution in [0.25, 0.3) is 0 Å². The smallest absolute Gasteiger partial charge is 0.0984 e. The van der Waals surface area contributed by atoms with Crippen LogP contribution in [0.5, 0.6) is 0 Å². The molecule has 3 atom stereocenters. The summed E-state index contributed by atoms with van der Waals surface area (Å²) in [6.07, 6.45) is -0.0478. The number of ether oxygens (including phenoxy) is 1. The average Bonchev–Trinajstić information content (AvgIpc) is 2.37. The fraction of sp³-hybridized carbons (Fsp3) is 0.571. The fourth-order valence-electron chi connectivity index (χ4n) is 2.44. The maximum Gasteiger partial charge on any atom is 0.0984 e. The summed E-state index contributed by atoms with van der Waals surface area (Å²) < 4.78 is 5.63. The first kappa shape index (κ1) is 14.6. The van der Waals surface area contributed by atoms with Crippen molar-refractivity contribution in [2.45, 2.75) is 32.1 Å². The zero-order valence-electron chi connectivity index (χ0n) is 11.3. The Morgan fingerprint density at radius 3 is 2.84 bits per heavy atom. The molecule has 0 aromatic heterocycles. The van der Waals surface area contributed by atoms with Gasteiger partial charge in [0.2, 0.25) is 0 Å². The molecular weight excluding hydrogens is 264 g/mol. The molecule has 0 radical (unpaired) electrons. The first-order chi connectivity index (χ1) is 9.01.